The Morgan fingerprint density at radius 3 is 2.60 bits per heavy atom. The minimum absolute atomic E-state index is 0.00573. The van der Waals surface area contributed by atoms with Crippen molar-refractivity contribution < 1.29 is 14.6 Å². The van der Waals surface area contributed by atoms with Crippen molar-refractivity contribution in [2.75, 3.05) is 39.9 Å². The van der Waals surface area contributed by atoms with Gasteiger partial charge in [0, 0.05) is 13.1 Å². The Morgan fingerprint density at radius 1 is 1.35 bits per heavy atom. The van der Waals surface area contributed by atoms with Crippen LogP contribution in [0.25, 0.3) is 0 Å². The van der Waals surface area contributed by atoms with Gasteiger partial charge < -0.3 is 15.2 Å². The van der Waals surface area contributed by atoms with E-state index in [2.05, 4.69) is 5.32 Å². The van der Waals surface area contributed by atoms with Crippen molar-refractivity contribution in [3.05, 3.63) is 29.8 Å². The Bertz CT molecular complexity index is 393. The molecule has 5 heteroatoms. The van der Waals surface area contributed by atoms with Crippen LogP contribution in [0.2, 0.25) is 0 Å². The Labute approximate surface area is 120 Å². The van der Waals surface area contributed by atoms with Gasteiger partial charge in [-0.15, -0.1) is 0 Å². The van der Waals surface area contributed by atoms with Crippen LogP contribution in [0.15, 0.2) is 24.3 Å². The van der Waals surface area contributed by atoms with Gasteiger partial charge >= 0.3 is 0 Å². The number of amides is 1. The zero-order valence-electron chi connectivity index (χ0n) is 12.3. The fraction of sp³-hybridized carbons (Fsp3) is 0.533. The van der Waals surface area contributed by atoms with Gasteiger partial charge in [0.05, 0.1) is 20.3 Å². The van der Waals surface area contributed by atoms with E-state index < -0.39 is 0 Å². The van der Waals surface area contributed by atoms with E-state index in [4.69, 9.17) is 9.84 Å². The van der Waals surface area contributed by atoms with E-state index in [1.165, 1.54) is 0 Å². The third-order valence-electron chi connectivity index (χ3n) is 3.13. The summed E-state index contributed by atoms with van der Waals surface area (Å²) >= 11 is 0. The maximum Gasteiger partial charge on any atom is 0.234 e. The van der Waals surface area contributed by atoms with Crippen molar-refractivity contribution in [1.29, 1.82) is 0 Å². The van der Waals surface area contributed by atoms with Gasteiger partial charge in [0.1, 0.15) is 5.75 Å². The largest absolute Gasteiger partial charge is 0.497 e. The molecule has 20 heavy (non-hydrogen) atoms. The topological polar surface area (TPSA) is 61.8 Å². The minimum atomic E-state index is -0.00573. The molecule has 0 radical (unpaired) electrons. The fourth-order valence-electron chi connectivity index (χ4n) is 1.89. The van der Waals surface area contributed by atoms with Gasteiger partial charge in [-0.1, -0.05) is 19.1 Å². The highest BCUT2D eigenvalue weighted by atomic mass is 16.5. The number of carbonyl (C=O) groups is 1. The molecule has 1 aromatic carbocycles. The summed E-state index contributed by atoms with van der Waals surface area (Å²) in [6.07, 6.45) is 0.794. The predicted octanol–water partition coefficient (Wildman–Crippen LogP) is 0.668. The van der Waals surface area contributed by atoms with Crippen LogP contribution in [0.5, 0.6) is 5.75 Å². The summed E-state index contributed by atoms with van der Waals surface area (Å²) in [5.41, 5.74) is 1.16. The van der Waals surface area contributed by atoms with Crippen LogP contribution < -0.4 is 10.1 Å². The Hall–Kier alpha value is -1.59. The SMILES string of the molecule is CCN(CCO)CC(=O)NCCc1ccc(OC)cc1. The van der Waals surface area contributed by atoms with Crippen molar-refractivity contribution in [3.63, 3.8) is 0 Å². The van der Waals surface area contributed by atoms with E-state index in [0.717, 1.165) is 24.3 Å². The third kappa shape index (κ3) is 6.04. The van der Waals surface area contributed by atoms with Crippen molar-refractivity contribution in [2.24, 2.45) is 0 Å². The van der Waals surface area contributed by atoms with Crippen molar-refractivity contribution >= 4 is 5.91 Å². The first-order valence-electron chi connectivity index (χ1n) is 6.92. The number of nitrogens with zero attached hydrogens (tertiary/aromatic N) is 1. The number of carbonyl (C=O) groups excluding carboxylic acids is 1. The van der Waals surface area contributed by atoms with E-state index in [9.17, 15) is 4.79 Å². The van der Waals surface area contributed by atoms with Crippen LogP contribution in [-0.2, 0) is 11.2 Å². The molecule has 0 saturated heterocycles. The molecule has 0 aliphatic heterocycles. The third-order valence-corrected chi connectivity index (χ3v) is 3.13. The minimum Gasteiger partial charge on any atom is -0.497 e. The number of aliphatic hydroxyl groups is 1. The smallest absolute Gasteiger partial charge is 0.234 e. The van der Waals surface area contributed by atoms with Crippen LogP contribution in [0.4, 0.5) is 0 Å². The second-order valence-corrected chi connectivity index (χ2v) is 4.54. The number of hydrogen-bond donors (Lipinski definition) is 2. The number of methoxy groups -OCH3 is 1. The molecule has 0 heterocycles. The summed E-state index contributed by atoms with van der Waals surface area (Å²) in [4.78, 5) is 13.6. The summed E-state index contributed by atoms with van der Waals surface area (Å²) in [5.74, 6) is 0.828. The van der Waals surface area contributed by atoms with Crippen molar-refractivity contribution in [2.45, 2.75) is 13.3 Å². The Morgan fingerprint density at radius 2 is 2.05 bits per heavy atom. The molecule has 112 valence electrons. The van der Waals surface area contributed by atoms with Gasteiger partial charge in [-0.05, 0) is 30.7 Å². The number of nitrogens with one attached hydrogen (secondary N) is 1. The zero-order valence-corrected chi connectivity index (χ0v) is 12.3. The molecule has 0 spiro atoms. The van der Waals surface area contributed by atoms with Crippen LogP contribution in [0, 0.1) is 0 Å². The van der Waals surface area contributed by atoms with Gasteiger partial charge in [-0.2, -0.15) is 0 Å². The lowest BCUT2D eigenvalue weighted by Crippen LogP contribution is -2.39. The Kier molecular flexibility index (Phi) is 7.69. The maximum atomic E-state index is 11.7. The average Bonchev–Trinajstić information content (AvgIpc) is 2.47. The standard InChI is InChI=1S/C15H24N2O3/c1-3-17(10-11-18)12-15(19)16-9-8-13-4-6-14(20-2)7-5-13/h4-7,18H,3,8-12H2,1-2H3,(H,16,19). The van der Waals surface area contributed by atoms with Crippen LogP contribution >= 0.6 is 0 Å². The number of benzene rings is 1. The zero-order chi connectivity index (χ0) is 14.8. The molecule has 0 aliphatic rings. The number of aliphatic hydroxyl groups excluding tert-OH is 1. The first kappa shape index (κ1) is 16.5. The predicted molar refractivity (Wildman–Crippen MR) is 78.9 cm³/mol. The molecule has 0 aromatic heterocycles. The first-order valence-corrected chi connectivity index (χ1v) is 6.92. The van der Waals surface area contributed by atoms with Gasteiger partial charge in [0.2, 0.25) is 5.91 Å². The van der Waals surface area contributed by atoms with Gasteiger partial charge in [0.15, 0.2) is 0 Å². The lowest BCUT2D eigenvalue weighted by molar-refractivity contribution is -0.122. The highest BCUT2D eigenvalue weighted by Crippen LogP contribution is 2.11. The van der Waals surface area contributed by atoms with Crippen LogP contribution in [0.1, 0.15) is 12.5 Å². The normalized spacial score (nSPS) is 10.6. The number of rotatable bonds is 9. The van der Waals surface area contributed by atoms with E-state index in [0.29, 0.717) is 19.6 Å². The van der Waals surface area contributed by atoms with Gasteiger partial charge in [-0.25, -0.2) is 0 Å². The van der Waals surface area contributed by atoms with Crippen molar-refractivity contribution in [1.82, 2.24) is 10.2 Å². The van der Waals surface area contributed by atoms with E-state index >= 15 is 0 Å². The molecular formula is C15H24N2O3. The molecular weight excluding hydrogens is 256 g/mol. The second-order valence-electron chi connectivity index (χ2n) is 4.54. The van der Waals surface area contributed by atoms with Crippen LogP contribution in [0.3, 0.4) is 0 Å². The highest BCUT2D eigenvalue weighted by Gasteiger charge is 2.07. The molecule has 5 nitrogen and oxygen atoms in total. The van der Waals surface area contributed by atoms with Crippen LogP contribution in [-0.4, -0.2) is 55.8 Å². The van der Waals surface area contributed by atoms with Gasteiger partial charge in [0.25, 0.3) is 0 Å². The fourth-order valence-corrected chi connectivity index (χ4v) is 1.89. The molecule has 1 amide bonds. The number of hydrogen-bond acceptors (Lipinski definition) is 4. The molecule has 1 rings (SSSR count). The molecule has 0 bridgehead atoms. The summed E-state index contributed by atoms with van der Waals surface area (Å²) in [6.45, 7) is 4.28. The monoisotopic (exact) mass is 280 g/mol. The molecule has 0 aliphatic carbocycles. The first-order chi connectivity index (χ1) is 9.69. The number of ether oxygens (including phenoxy) is 1. The molecule has 2 N–H and O–H groups in total. The summed E-state index contributed by atoms with van der Waals surface area (Å²) < 4.78 is 5.10. The maximum absolute atomic E-state index is 11.7. The van der Waals surface area contributed by atoms with E-state index in [1.54, 1.807) is 7.11 Å². The quantitative estimate of drug-likeness (QED) is 0.698. The molecule has 1 aromatic rings. The summed E-state index contributed by atoms with van der Waals surface area (Å²) in [5, 5.41) is 11.8. The number of likely N-dealkylation sites (N-methyl/N-ethyl adjacent to an activating group) is 1. The molecule has 0 saturated carbocycles. The lowest BCUT2D eigenvalue weighted by atomic mass is 10.1. The molecule has 0 fully saturated rings. The molecule has 0 atom stereocenters. The van der Waals surface area contributed by atoms with Crippen molar-refractivity contribution in [3.8, 4) is 5.75 Å². The second kappa shape index (κ2) is 9.34. The Balaban J connectivity index is 2.26. The summed E-state index contributed by atoms with van der Waals surface area (Å²) in [7, 11) is 1.64. The van der Waals surface area contributed by atoms with Gasteiger partial charge in [-0.3, -0.25) is 9.69 Å². The average molecular weight is 280 g/mol. The van der Waals surface area contributed by atoms with E-state index in [1.807, 2.05) is 36.1 Å². The van der Waals surface area contributed by atoms with E-state index in [-0.39, 0.29) is 12.5 Å². The lowest BCUT2D eigenvalue weighted by Gasteiger charge is -2.18. The highest BCUT2D eigenvalue weighted by molar-refractivity contribution is 5.78. The summed E-state index contributed by atoms with van der Waals surface area (Å²) in [6, 6.07) is 7.82. The molecule has 0 unspecified atom stereocenters.